The summed E-state index contributed by atoms with van der Waals surface area (Å²) in [7, 11) is 0. The number of carbonyl (C=O) groups is 2. The molecule has 0 saturated heterocycles. The molecule has 3 aromatic carbocycles. The van der Waals surface area contributed by atoms with E-state index in [-0.39, 0.29) is 22.9 Å². The molecule has 2 N–H and O–H groups in total. The lowest BCUT2D eigenvalue weighted by molar-refractivity contribution is 0.0697. The van der Waals surface area contributed by atoms with Gasteiger partial charge in [-0.3, -0.25) is 18.3 Å². The summed E-state index contributed by atoms with van der Waals surface area (Å²) >= 11 is -2.76. The Kier molecular flexibility index (Phi) is 7.92. The molecule has 0 spiro atoms. The molecule has 1 atom stereocenters. The molecule has 0 bridgehead atoms. The first-order chi connectivity index (χ1) is 17.8. The first kappa shape index (κ1) is 25.5. The summed E-state index contributed by atoms with van der Waals surface area (Å²) in [6, 6.07) is 21.0. The standard InChI is InChI=1S/C27H23N3O6S/c1-18-2-6-21(7-3-18)30(37(34)35)25-11-10-23(16-24(25)27(32)33)36-22-8-4-19(5-9-22)17-29-26(31)20-12-14-28-15-13-20/h2-16H,17H2,1H3,(H,29,31)(H,32,33)(H,34,35)/p-1. The molecule has 0 saturated carbocycles. The number of anilines is 2. The van der Waals surface area contributed by atoms with Crippen molar-refractivity contribution < 1.29 is 28.2 Å². The fraction of sp³-hybridized carbons (Fsp3) is 0.0741. The highest BCUT2D eigenvalue weighted by Gasteiger charge is 2.20. The Morgan fingerprint density at radius 1 is 0.973 bits per heavy atom. The number of aromatic nitrogens is 1. The summed E-state index contributed by atoms with van der Waals surface area (Å²) in [6.45, 7) is 2.17. The van der Waals surface area contributed by atoms with Gasteiger partial charge >= 0.3 is 5.97 Å². The van der Waals surface area contributed by atoms with Crippen LogP contribution in [0.3, 0.4) is 0 Å². The van der Waals surface area contributed by atoms with Crippen LogP contribution in [0.4, 0.5) is 11.4 Å². The molecule has 0 aliphatic carbocycles. The highest BCUT2D eigenvalue weighted by Crippen LogP contribution is 2.34. The van der Waals surface area contributed by atoms with Crippen LogP contribution in [-0.4, -0.2) is 30.7 Å². The quantitative estimate of drug-likeness (QED) is 0.307. The molecule has 188 valence electrons. The topological polar surface area (TPSA) is 132 Å². The molecule has 0 radical (unpaired) electrons. The zero-order chi connectivity index (χ0) is 26.4. The molecular formula is C27H22N3O6S-. The van der Waals surface area contributed by atoms with E-state index in [1.807, 2.05) is 6.92 Å². The van der Waals surface area contributed by atoms with Gasteiger partial charge in [0.1, 0.15) is 11.5 Å². The van der Waals surface area contributed by atoms with E-state index in [2.05, 4.69) is 10.3 Å². The molecule has 4 aromatic rings. The zero-order valence-electron chi connectivity index (χ0n) is 19.7. The largest absolute Gasteiger partial charge is 0.755 e. The van der Waals surface area contributed by atoms with Gasteiger partial charge in [0.15, 0.2) is 0 Å². The van der Waals surface area contributed by atoms with E-state index in [4.69, 9.17) is 4.74 Å². The van der Waals surface area contributed by atoms with Gasteiger partial charge < -0.3 is 19.7 Å². The zero-order valence-corrected chi connectivity index (χ0v) is 20.5. The van der Waals surface area contributed by atoms with Crippen molar-refractivity contribution in [2.24, 2.45) is 0 Å². The first-order valence-corrected chi connectivity index (χ1v) is 12.1. The minimum atomic E-state index is -2.76. The van der Waals surface area contributed by atoms with Gasteiger partial charge in [0.25, 0.3) is 5.91 Å². The molecule has 1 amide bonds. The normalized spacial score (nSPS) is 11.4. The SMILES string of the molecule is Cc1ccc(N(c2ccc(Oc3ccc(CNC(=O)c4ccncc4)cc3)cc2C(=O)O)S(=O)[O-])cc1. The van der Waals surface area contributed by atoms with Crippen molar-refractivity contribution in [3.05, 3.63) is 114 Å². The molecular weight excluding hydrogens is 494 g/mol. The van der Waals surface area contributed by atoms with E-state index in [1.165, 1.54) is 18.2 Å². The molecule has 1 aromatic heterocycles. The number of aromatic carboxylic acids is 1. The minimum Gasteiger partial charge on any atom is -0.755 e. The molecule has 37 heavy (non-hydrogen) atoms. The summed E-state index contributed by atoms with van der Waals surface area (Å²) < 4.78 is 30.8. The summed E-state index contributed by atoms with van der Waals surface area (Å²) in [5.41, 5.74) is 2.33. The molecule has 0 aliphatic rings. The van der Waals surface area contributed by atoms with Crippen molar-refractivity contribution in [3.8, 4) is 11.5 Å². The monoisotopic (exact) mass is 516 g/mol. The second-order valence-corrected chi connectivity index (χ2v) is 8.80. The summed E-state index contributed by atoms with van der Waals surface area (Å²) in [6.07, 6.45) is 3.09. The van der Waals surface area contributed by atoms with Crippen molar-refractivity contribution in [1.82, 2.24) is 10.3 Å². The van der Waals surface area contributed by atoms with Gasteiger partial charge in [0.2, 0.25) is 0 Å². The lowest BCUT2D eigenvalue weighted by atomic mass is 10.1. The van der Waals surface area contributed by atoms with Gasteiger partial charge in [-0.25, -0.2) is 4.79 Å². The van der Waals surface area contributed by atoms with E-state index >= 15 is 0 Å². The number of hydrogen-bond acceptors (Lipinski definition) is 6. The number of nitrogens with one attached hydrogen (secondary N) is 1. The number of benzene rings is 3. The Hall–Kier alpha value is -4.54. The number of hydrogen-bond donors (Lipinski definition) is 2. The number of rotatable bonds is 9. The third-order valence-corrected chi connectivity index (χ3v) is 6.10. The second kappa shape index (κ2) is 11.5. The smallest absolute Gasteiger partial charge is 0.337 e. The maximum absolute atomic E-state index is 12.2. The number of carbonyl (C=O) groups excluding carboxylic acids is 1. The van der Waals surface area contributed by atoms with Gasteiger partial charge in [0, 0.05) is 24.5 Å². The van der Waals surface area contributed by atoms with Crippen LogP contribution in [0.2, 0.25) is 0 Å². The minimum absolute atomic E-state index is 0.0164. The van der Waals surface area contributed by atoms with Crippen LogP contribution in [0.1, 0.15) is 31.8 Å². The number of nitrogens with zero attached hydrogens (tertiary/aromatic N) is 2. The Bertz CT molecular complexity index is 1430. The fourth-order valence-corrected chi connectivity index (χ4v) is 4.13. The summed E-state index contributed by atoms with van der Waals surface area (Å²) in [4.78, 5) is 28.1. The van der Waals surface area contributed by atoms with Crippen LogP contribution >= 0.6 is 0 Å². The Morgan fingerprint density at radius 2 is 1.62 bits per heavy atom. The number of aryl methyl sites for hydroxylation is 1. The average Bonchev–Trinajstić information content (AvgIpc) is 2.90. The summed E-state index contributed by atoms with van der Waals surface area (Å²) in [5.74, 6) is -0.859. The van der Waals surface area contributed by atoms with E-state index in [0.717, 1.165) is 15.4 Å². The highest BCUT2D eigenvalue weighted by atomic mass is 32.2. The van der Waals surface area contributed by atoms with Gasteiger partial charge in [-0.15, -0.1) is 0 Å². The van der Waals surface area contributed by atoms with Crippen LogP contribution < -0.4 is 14.4 Å². The molecule has 1 heterocycles. The molecule has 10 heteroatoms. The molecule has 9 nitrogen and oxygen atoms in total. The number of carboxylic acid groups (broad SMARTS) is 1. The van der Waals surface area contributed by atoms with Gasteiger partial charge in [-0.1, -0.05) is 29.8 Å². The van der Waals surface area contributed by atoms with Crippen LogP contribution in [0.15, 0.2) is 91.3 Å². The van der Waals surface area contributed by atoms with Gasteiger partial charge in [-0.05, 0) is 67.1 Å². The number of pyridine rings is 1. The number of amides is 1. The fourth-order valence-electron chi connectivity index (χ4n) is 3.51. The van der Waals surface area contributed by atoms with Crippen molar-refractivity contribution in [2.75, 3.05) is 4.31 Å². The molecule has 0 fully saturated rings. The maximum atomic E-state index is 12.2. The van der Waals surface area contributed by atoms with Crippen LogP contribution in [0.25, 0.3) is 0 Å². The van der Waals surface area contributed by atoms with Crippen molar-refractivity contribution in [1.29, 1.82) is 0 Å². The molecule has 0 aliphatic heterocycles. The lowest BCUT2D eigenvalue weighted by Crippen LogP contribution is -2.22. The first-order valence-electron chi connectivity index (χ1n) is 11.1. The second-order valence-electron chi connectivity index (χ2n) is 8.00. The van der Waals surface area contributed by atoms with Crippen molar-refractivity contribution in [2.45, 2.75) is 13.5 Å². The number of ether oxygens (including phenoxy) is 1. The van der Waals surface area contributed by atoms with Crippen molar-refractivity contribution in [3.63, 3.8) is 0 Å². The highest BCUT2D eigenvalue weighted by molar-refractivity contribution is 7.81. The third-order valence-electron chi connectivity index (χ3n) is 5.39. The Labute approximate surface area is 215 Å². The van der Waals surface area contributed by atoms with Crippen molar-refractivity contribution >= 4 is 34.5 Å². The average molecular weight is 517 g/mol. The molecule has 4 rings (SSSR count). The van der Waals surface area contributed by atoms with Gasteiger partial charge in [0.05, 0.1) is 28.2 Å². The predicted octanol–water partition coefficient (Wildman–Crippen LogP) is 4.74. The maximum Gasteiger partial charge on any atom is 0.337 e. The van der Waals surface area contributed by atoms with Gasteiger partial charge in [-0.2, -0.15) is 0 Å². The predicted molar refractivity (Wildman–Crippen MR) is 138 cm³/mol. The van der Waals surface area contributed by atoms with Crippen LogP contribution in [0, 0.1) is 6.92 Å². The van der Waals surface area contributed by atoms with E-state index < -0.39 is 17.2 Å². The lowest BCUT2D eigenvalue weighted by Gasteiger charge is -2.28. The van der Waals surface area contributed by atoms with E-state index in [0.29, 0.717) is 23.5 Å². The van der Waals surface area contributed by atoms with Crippen LogP contribution in [0.5, 0.6) is 11.5 Å². The van der Waals surface area contributed by atoms with E-state index in [9.17, 15) is 23.5 Å². The Balaban J connectivity index is 1.49. The number of carboxylic acids is 1. The van der Waals surface area contributed by atoms with E-state index in [1.54, 1.807) is 73.1 Å². The molecule has 1 unspecified atom stereocenters. The van der Waals surface area contributed by atoms with Crippen LogP contribution in [-0.2, 0) is 17.8 Å². The Morgan fingerprint density at radius 3 is 2.24 bits per heavy atom. The summed E-state index contributed by atoms with van der Waals surface area (Å²) in [5, 5.41) is 12.6. The third kappa shape index (κ3) is 6.37.